The molecule has 0 atom stereocenters. The molecule has 3 rings (SSSR count). The predicted molar refractivity (Wildman–Crippen MR) is 83.0 cm³/mol. The van der Waals surface area contributed by atoms with Crippen molar-refractivity contribution in [1.82, 2.24) is 9.78 Å². The summed E-state index contributed by atoms with van der Waals surface area (Å²) in [6.07, 6.45) is 1.45. The van der Waals surface area contributed by atoms with Crippen LogP contribution in [0.4, 0.5) is 5.69 Å². The van der Waals surface area contributed by atoms with Gasteiger partial charge in [-0.05, 0) is 49.2 Å². The molecular formula is C16H15N3O4. The van der Waals surface area contributed by atoms with Gasteiger partial charge in [0.25, 0.3) is 5.89 Å². The summed E-state index contributed by atoms with van der Waals surface area (Å²) in [5.74, 6) is -0.710. The minimum Gasteiger partial charge on any atom is -0.459 e. The topological polar surface area (TPSA) is 90.3 Å². The second kappa shape index (κ2) is 5.96. The molecule has 3 aromatic rings. The number of benzene rings is 1. The molecular weight excluding hydrogens is 298 g/mol. The fraction of sp³-hybridized carbons (Fsp3) is 0.188. The lowest BCUT2D eigenvalue weighted by atomic mass is 10.1. The van der Waals surface area contributed by atoms with Gasteiger partial charge in [0.1, 0.15) is 6.54 Å². The molecule has 2 heterocycles. The molecule has 0 unspecified atom stereocenters. The van der Waals surface area contributed by atoms with Crippen molar-refractivity contribution in [2.24, 2.45) is 0 Å². The van der Waals surface area contributed by atoms with Crippen molar-refractivity contribution in [3.8, 4) is 11.7 Å². The normalized spacial score (nSPS) is 10.7. The molecule has 1 aromatic carbocycles. The van der Waals surface area contributed by atoms with Crippen LogP contribution >= 0.6 is 0 Å². The SMILES string of the molecule is Cc1cc(C)cc(NC(=O)Cn2nc(-c3ccco3)oc2=O)c1. The van der Waals surface area contributed by atoms with E-state index in [1.807, 2.05) is 32.0 Å². The van der Waals surface area contributed by atoms with E-state index in [1.165, 1.54) is 6.26 Å². The zero-order chi connectivity index (χ0) is 16.4. The molecule has 118 valence electrons. The van der Waals surface area contributed by atoms with Crippen molar-refractivity contribution in [3.05, 3.63) is 58.3 Å². The number of nitrogens with zero attached hydrogens (tertiary/aromatic N) is 2. The number of carbonyl (C=O) groups excluding carboxylic acids is 1. The Morgan fingerprint density at radius 3 is 2.65 bits per heavy atom. The van der Waals surface area contributed by atoms with Crippen LogP contribution in [0.15, 0.2) is 50.2 Å². The van der Waals surface area contributed by atoms with Gasteiger partial charge < -0.3 is 14.2 Å². The Balaban J connectivity index is 1.74. The molecule has 1 amide bonds. The molecule has 0 spiro atoms. The first-order valence-corrected chi connectivity index (χ1v) is 7.01. The summed E-state index contributed by atoms with van der Waals surface area (Å²) in [6, 6.07) is 8.98. The highest BCUT2D eigenvalue weighted by Crippen LogP contribution is 2.16. The average Bonchev–Trinajstić information content (AvgIpc) is 3.08. The number of nitrogens with one attached hydrogen (secondary N) is 1. The van der Waals surface area contributed by atoms with Gasteiger partial charge in [0, 0.05) is 5.69 Å². The van der Waals surface area contributed by atoms with Gasteiger partial charge in [-0.25, -0.2) is 4.79 Å². The fourth-order valence-electron chi connectivity index (χ4n) is 2.29. The van der Waals surface area contributed by atoms with Crippen LogP contribution in [0.5, 0.6) is 0 Å². The first kappa shape index (κ1) is 14.8. The van der Waals surface area contributed by atoms with Crippen molar-refractivity contribution in [2.45, 2.75) is 20.4 Å². The van der Waals surface area contributed by atoms with Crippen molar-refractivity contribution in [1.29, 1.82) is 0 Å². The molecule has 0 aliphatic carbocycles. The number of hydrogen-bond acceptors (Lipinski definition) is 5. The summed E-state index contributed by atoms with van der Waals surface area (Å²) in [5, 5.41) is 6.69. The Morgan fingerprint density at radius 2 is 2.00 bits per heavy atom. The van der Waals surface area contributed by atoms with Crippen LogP contribution in [0.1, 0.15) is 11.1 Å². The van der Waals surface area contributed by atoms with E-state index in [9.17, 15) is 9.59 Å². The predicted octanol–water partition coefficient (Wildman–Crippen LogP) is 2.35. The van der Waals surface area contributed by atoms with Gasteiger partial charge >= 0.3 is 5.76 Å². The van der Waals surface area contributed by atoms with Gasteiger partial charge in [0.15, 0.2) is 5.76 Å². The Morgan fingerprint density at radius 1 is 1.26 bits per heavy atom. The van der Waals surface area contributed by atoms with Crippen LogP contribution in [0.3, 0.4) is 0 Å². The van der Waals surface area contributed by atoms with Crippen LogP contribution in [0.2, 0.25) is 0 Å². The Labute approximate surface area is 131 Å². The molecule has 0 aliphatic heterocycles. The maximum absolute atomic E-state index is 12.1. The highest BCUT2D eigenvalue weighted by molar-refractivity contribution is 5.90. The molecule has 2 aromatic heterocycles. The van der Waals surface area contributed by atoms with Gasteiger partial charge in [-0.1, -0.05) is 6.07 Å². The fourth-order valence-corrected chi connectivity index (χ4v) is 2.29. The molecule has 0 fully saturated rings. The van der Waals surface area contributed by atoms with E-state index in [4.69, 9.17) is 8.83 Å². The van der Waals surface area contributed by atoms with Crippen molar-refractivity contribution in [3.63, 3.8) is 0 Å². The van der Waals surface area contributed by atoms with E-state index in [-0.39, 0.29) is 18.3 Å². The van der Waals surface area contributed by atoms with Gasteiger partial charge in [-0.2, -0.15) is 4.68 Å². The van der Waals surface area contributed by atoms with Crippen molar-refractivity contribution in [2.75, 3.05) is 5.32 Å². The highest BCUT2D eigenvalue weighted by Gasteiger charge is 2.15. The summed E-state index contributed by atoms with van der Waals surface area (Å²) < 4.78 is 11.0. The van der Waals surface area contributed by atoms with Crippen molar-refractivity contribution < 1.29 is 13.6 Å². The maximum atomic E-state index is 12.1. The Hall–Kier alpha value is -3.09. The number of hydrogen-bond donors (Lipinski definition) is 1. The molecule has 7 nitrogen and oxygen atoms in total. The lowest BCUT2D eigenvalue weighted by Crippen LogP contribution is -2.25. The summed E-state index contributed by atoms with van der Waals surface area (Å²) in [4.78, 5) is 23.8. The number of furan rings is 1. The first-order valence-electron chi connectivity index (χ1n) is 7.01. The smallest absolute Gasteiger partial charge is 0.437 e. The van der Waals surface area contributed by atoms with E-state index in [0.717, 1.165) is 15.8 Å². The van der Waals surface area contributed by atoms with Crippen LogP contribution in [0, 0.1) is 13.8 Å². The van der Waals surface area contributed by atoms with Gasteiger partial charge in [0.2, 0.25) is 5.91 Å². The van der Waals surface area contributed by atoms with Gasteiger partial charge in [-0.15, -0.1) is 5.10 Å². The third-order valence-corrected chi connectivity index (χ3v) is 3.14. The third-order valence-electron chi connectivity index (χ3n) is 3.14. The molecule has 0 radical (unpaired) electrons. The van der Waals surface area contributed by atoms with Gasteiger partial charge in [-0.3, -0.25) is 4.79 Å². The Kier molecular flexibility index (Phi) is 3.84. The van der Waals surface area contributed by atoms with E-state index in [0.29, 0.717) is 11.4 Å². The van der Waals surface area contributed by atoms with Crippen LogP contribution in [0.25, 0.3) is 11.7 Å². The number of aromatic nitrogens is 2. The third kappa shape index (κ3) is 3.39. The number of rotatable bonds is 4. The molecule has 0 bridgehead atoms. The van der Waals surface area contributed by atoms with Crippen LogP contribution < -0.4 is 11.1 Å². The highest BCUT2D eigenvalue weighted by atomic mass is 16.4. The van der Waals surface area contributed by atoms with Crippen LogP contribution in [-0.4, -0.2) is 15.7 Å². The zero-order valence-electron chi connectivity index (χ0n) is 12.7. The Bertz CT molecular complexity index is 870. The second-order valence-corrected chi connectivity index (χ2v) is 5.23. The molecule has 0 aliphatic rings. The van der Waals surface area contributed by atoms with Crippen molar-refractivity contribution >= 4 is 11.6 Å². The number of anilines is 1. The number of amides is 1. The largest absolute Gasteiger partial charge is 0.459 e. The summed E-state index contributed by atoms with van der Waals surface area (Å²) >= 11 is 0. The average molecular weight is 313 g/mol. The summed E-state index contributed by atoms with van der Waals surface area (Å²) in [6.45, 7) is 3.65. The minimum absolute atomic E-state index is 0.0409. The van der Waals surface area contributed by atoms with E-state index in [2.05, 4.69) is 10.4 Å². The number of aryl methyl sites for hydroxylation is 2. The molecule has 0 saturated heterocycles. The van der Waals surface area contributed by atoms with E-state index < -0.39 is 5.76 Å². The van der Waals surface area contributed by atoms with E-state index in [1.54, 1.807) is 12.1 Å². The molecule has 23 heavy (non-hydrogen) atoms. The first-order chi connectivity index (χ1) is 11.0. The van der Waals surface area contributed by atoms with E-state index >= 15 is 0 Å². The lowest BCUT2D eigenvalue weighted by molar-refractivity contribution is -0.117. The second-order valence-electron chi connectivity index (χ2n) is 5.23. The van der Waals surface area contributed by atoms with Crippen LogP contribution in [-0.2, 0) is 11.3 Å². The zero-order valence-corrected chi connectivity index (χ0v) is 12.7. The quantitative estimate of drug-likeness (QED) is 0.798. The maximum Gasteiger partial charge on any atom is 0.437 e. The summed E-state index contributed by atoms with van der Waals surface area (Å²) in [7, 11) is 0. The lowest BCUT2D eigenvalue weighted by Gasteiger charge is -2.06. The number of carbonyl (C=O) groups is 1. The standard InChI is InChI=1S/C16H15N3O4/c1-10-6-11(2)8-12(7-10)17-14(20)9-19-16(21)23-15(18-19)13-4-3-5-22-13/h3-8H,9H2,1-2H3,(H,17,20). The minimum atomic E-state index is -0.716. The molecule has 0 saturated carbocycles. The summed E-state index contributed by atoms with van der Waals surface area (Å²) in [5.41, 5.74) is 2.76. The molecule has 1 N–H and O–H groups in total. The van der Waals surface area contributed by atoms with Gasteiger partial charge in [0.05, 0.1) is 6.26 Å². The monoisotopic (exact) mass is 313 g/mol. The molecule has 7 heteroatoms.